The molecule has 1 fully saturated rings. The van der Waals surface area contributed by atoms with Crippen LogP contribution in [0.4, 0.5) is 8.78 Å². The SMILES string of the molecule is OC[C@H]1[C@H](CO)C1(F)F. The molecular formula is C5H8F2O2. The fourth-order valence-electron chi connectivity index (χ4n) is 0.958. The van der Waals surface area contributed by atoms with Crippen molar-refractivity contribution in [1.29, 1.82) is 0 Å². The van der Waals surface area contributed by atoms with Crippen molar-refractivity contribution in [2.75, 3.05) is 13.2 Å². The highest BCUT2D eigenvalue weighted by atomic mass is 19.3. The third-order valence-corrected chi connectivity index (χ3v) is 1.76. The summed E-state index contributed by atoms with van der Waals surface area (Å²) >= 11 is 0. The summed E-state index contributed by atoms with van der Waals surface area (Å²) in [4.78, 5) is 0. The van der Waals surface area contributed by atoms with E-state index in [1.54, 1.807) is 0 Å². The lowest BCUT2D eigenvalue weighted by atomic mass is 10.3. The first-order chi connectivity index (χ1) is 4.14. The molecular weight excluding hydrogens is 130 g/mol. The van der Waals surface area contributed by atoms with E-state index < -0.39 is 31.0 Å². The molecule has 54 valence electrons. The molecule has 0 saturated heterocycles. The van der Waals surface area contributed by atoms with E-state index in [1.807, 2.05) is 0 Å². The van der Waals surface area contributed by atoms with Crippen LogP contribution < -0.4 is 0 Å². The normalized spacial score (nSPS) is 38.7. The molecule has 0 radical (unpaired) electrons. The minimum atomic E-state index is -2.82. The van der Waals surface area contributed by atoms with E-state index in [1.165, 1.54) is 0 Å². The summed E-state index contributed by atoms with van der Waals surface area (Å²) in [5.41, 5.74) is 0. The molecule has 1 rings (SSSR count). The monoisotopic (exact) mass is 138 g/mol. The van der Waals surface area contributed by atoms with Crippen LogP contribution in [-0.4, -0.2) is 29.3 Å². The first-order valence-corrected chi connectivity index (χ1v) is 2.74. The molecule has 0 amide bonds. The molecule has 0 unspecified atom stereocenters. The van der Waals surface area contributed by atoms with Gasteiger partial charge in [-0.05, 0) is 0 Å². The first-order valence-electron chi connectivity index (χ1n) is 2.74. The Hall–Kier alpha value is -0.220. The fourth-order valence-corrected chi connectivity index (χ4v) is 0.958. The number of aliphatic hydroxyl groups is 2. The number of hydrogen-bond acceptors (Lipinski definition) is 2. The van der Waals surface area contributed by atoms with Crippen molar-refractivity contribution in [2.45, 2.75) is 5.92 Å². The van der Waals surface area contributed by atoms with Crippen LogP contribution in [0, 0.1) is 11.8 Å². The minimum absolute atomic E-state index is 0.530. The first kappa shape index (κ1) is 6.89. The van der Waals surface area contributed by atoms with Crippen LogP contribution in [0.15, 0.2) is 0 Å². The molecule has 2 nitrogen and oxygen atoms in total. The molecule has 1 saturated carbocycles. The van der Waals surface area contributed by atoms with Crippen molar-refractivity contribution in [3.05, 3.63) is 0 Å². The Morgan fingerprint density at radius 2 is 1.44 bits per heavy atom. The molecule has 1 aliphatic rings. The van der Waals surface area contributed by atoms with E-state index in [4.69, 9.17) is 10.2 Å². The molecule has 0 aromatic rings. The maximum Gasteiger partial charge on any atom is 0.259 e. The second-order valence-electron chi connectivity index (χ2n) is 2.25. The zero-order chi connectivity index (χ0) is 7.07. The summed E-state index contributed by atoms with van der Waals surface area (Å²) in [7, 11) is 0. The lowest BCUT2D eigenvalue weighted by Gasteiger charge is -1.87. The Balaban J connectivity index is 2.45. The van der Waals surface area contributed by atoms with Crippen LogP contribution in [0.5, 0.6) is 0 Å². The van der Waals surface area contributed by atoms with Gasteiger partial charge in [-0.2, -0.15) is 0 Å². The van der Waals surface area contributed by atoms with Crippen molar-refractivity contribution >= 4 is 0 Å². The van der Waals surface area contributed by atoms with E-state index in [2.05, 4.69) is 0 Å². The molecule has 4 heteroatoms. The van der Waals surface area contributed by atoms with Gasteiger partial charge < -0.3 is 10.2 Å². The maximum atomic E-state index is 12.1. The highest BCUT2D eigenvalue weighted by Crippen LogP contribution is 2.54. The predicted molar refractivity (Wildman–Crippen MR) is 26.1 cm³/mol. The lowest BCUT2D eigenvalue weighted by molar-refractivity contribution is 0.0639. The van der Waals surface area contributed by atoms with Crippen molar-refractivity contribution in [1.82, 2.24) is 0 Å². The predicted octanol–water partition coefficient (Wildman–Crippen LogP) is -0.148. The van der Waals surface area contributed by atoms with Crippen LogP contribution in [0.25, 0.3) is 0 Å². The quantitative estimate of drug-likeness (QED) is 0.557. The van der Waals surface area contributed by atoms with Gasteiger partial charge in [-0.25, -0.2) is 8.78 Å². The van der Waals surface area contributed by atoms with Gasteiger partial charge in [0.15, 0.2) is 0 Å². The van der Waals surface area contributed by atoms with Crippen LogP contribution >= 0.6 is 0 Å². The highest BCUT2D eigenvalue weighted by Gasteiger charge is 2.67. The number of alkyl halides is 2. The van der Waals surface area contributed by atoms with Gasteiger partial charge >= 0.3 is 0 Å². The molecule has 0 spiro atoms. The van der Waals surface area contributed by atoms with E-state index in [9.17, 15) is 8.78 Å². The largest absolute Gasteiger partial charge is 0.396 e. The standard InChI is InChI=1S/C5H8F2O2/c6-5(7)3(1-8)4(5)2-9/h3-4,8-9H,1-2H2/t3-,4-/m0/s1. The van der Waals surface area contributed by atoms with Gasteiger partial charge in [0.25, 0.3) is 5.92 Å². The summed E-state index contributed by atoms with van der Waals surface area (Å²) in [6.07, 6.45) is 0. The Labute approximate surface area is 51.1 Å². The smallest absolute Gasteiger partial charge is 0.259 e. The van der Waals surface area contributed by atoms with Crippen molar-refractivity contribution < 1.29 is 19.0 Å². The van der Waals surface area contributed by atoms with E-state index in [0.717, 1.165) is 0 Å². The van der Waals surface area contributed by atoms with E-state index in [0.29, 0.717) is 0 Å². The van der Waals surface area contributed by atoms with Gasteiger partial charge in [-0.3, -0.25) is 0 Å². The summed E-state index contributed by atoms with van der Waals surface area (Å²) in [6, 6.07) is 0. The number of halogens is 2. The lowest BCUT2D eigenvalue weighted by Crippen LogP contribution is -1.98. The Morgan fingerprint density at radius 3 is 1.56 bits per heavy atom. The summed E-state index contributed by atoms with van der Waals surface area (Å²) in [6.45, 7) is -1.06. The topological polar surface area (TPSA) is 40.5 Å². The Morgan fingerprint density at radius 1 is 1.11 bits per heavy atom. The zero-order valence-corrected chi connectivity index (χ0v) is 4.72. The number of hydrogen-bond donors (Lipinski definition) is 2. The van der Waals surface area contributed by atoms with E-state index in [-0.39, 0.29) is 0 Å². The van der Waals surface area contributed by atoms with Crippen molar-refractivity contribution in [2.24, 2.45) is 11.8 Å². The maximum absolute atomic E-state index is 12.1. The third kappa shape index (κ3) is 0.822. The van der Waals surface area contributed by atoms with Crippen molar-refractivity contribution in [3.8, 4) is 0 Å². The van der Waals surface area contributed by atoms with Gasteiger partial charge in [-0.15, -0.1) is 0 Å². The van der Waals surface area contributed by atoms with Gasteiger partial charge in [0.1, 0.15) is 0 Å². The highest BCUT2D eigenvalue weighted by molar-refractivity contribution is 5.04. The summed E-state index contributed by atoms with van der Waals surface area (Å²) in [5, 5.41) is 16.5. The van der Waals surface area contributed by atoms with Gasteiger partial charge in [0.2, 0.25) is 0 Å². The van der Waals surface area contributed by atoms with Gasteiger partial charge in [0.05, 0.1) is 25.0 Å². The molecule has 0 heterocycles. The van der Waals surface area contributed by atoms with Crippen LogP contribution in [0.3, 0.4) is 0 Å². The van der Waals surface area contributed by atoms with Crippen LogP contribution in [0.1, 0.15) is 0 Å². The Kier molecular flexibility index (Phi) is 1.44. The number of rotatable bonds is 2. The molecule has 0 bridgehead atoms. The van der Waals surface area contributed by atoms with Crippen LogP contribution in [0.2, 0.25) is 0 Å². The van der Waals surface area contributed by atoms with Crippen LogP contribution in [-0.2, 0) is 0 Å². The average molecular weight is 138 g/mol. The minimum Gasteiger partial charge on any atom is -0.396 e. The van der Waals surface area contributed by atoms with Gasteiger partial charge in [-0.1, -0.05) is 0 Å². The van der Waals surface area contributed by atoms with E-state index >= 15 is 0 Å². The fraction of sp³-hybridized carbons (Fsp3) is 1.00. The Bertz CT molecular complexity index is 104. The average Bonchev–Trinajstić information content (AvgIpc) is 2.32. The molecule has 2 atom stereocenters. The molecule has 0 aromatic carbocycles. The zero-order valence-electron chi connectivity index (χ0n) is 4.72. The molecule has 9 heavy (non-hydrogen) atoms. The van der Waals surface area contributed by atoms with Gasteiger partial charge in [0, 0.05) is 0 Å². The van der Waals surface area contributed by atoms with Crippen molar-refractivity contribution in [3.63, 3.8) is 0 Å². The molecule has 1 aliphatic carbocycles. The third-order valence-electron chi connectivity index (χ3n) is 1.76. The second-order valence-corrected chi connectivity index (χ2v) is 2.25. The molecule has 2 N–H and O–H groups in total. The molecule has 0 aromatic heterocycles. The summed E-state index contributed by atoms with van der Waals surface area (Å²) < 4.78 is 24.3. The second kappa shape index (κ2) is 1.88. The molecule has 0 aliphatic heterocycles. The summed E-state index contributed by atoms with van der Waals surface area (Å²) in [5.74, 6) is -4.81. The number of aliphatic hydroxyl groups excluding tert-OH is 2.